The number of hydrogen-bond acceptors (Lipinski definition) is 3. The van der Waals surface area contributed by atoms with Gasteiger partial charge in [-0.3, -0.25) is 9.59 Å². The van der Waals surface area contributed by atoms with Crippen molar-refractivity contribution in [3.63, 3.8) is 0 Å². The minimum atomic E-state index is -4.77. The fourth-order valence-electron chi connectivity index (χ4n) is 1.41. The first-order valence-electron chi connectivity index (χ1n) is 5.81. The molecule has 1 fully saturated rings. The zero-order chi connectivity index (χ0) is 14.8. The van der Waals surface area contributed by atoms with E-state index in [4.69, 9.17) is 0 Å². The number of alkyl halides is 3. The van der Waals surface area contributed by atoms with Crippen LogP contribution in [0.25, 0.3) is 0 Å². The van der Waals surface area contributed by atoms with Crippen molar-refractivity contribution < 1.29 is 27.5 Å². The van der Waals surface area contributed by atoms with Crippen molar-refractivity contribution in [3.8, 4) is 5.75 Å². The monoisotopic (exact) mass is 288 g/mol. The van der Waals surface area contributed by atoms with Gasteiger partial charge < -0.3 is 15.4 Å². The van der Waals surface area contributed by atoms with Crippen LogP contribution in [0.3, 0.4) is 0 Å². The Bertz CT molecular complexity index is 510. The first-order chi connectivity index (χ1) is 9.33. The second-order valence-corrected chi connectivity index (χ2v) is 4.27. The summed E-state index contributed by atoms with van der Waals surface area (Å²) in [5.41, 5.74) is 0.204. The maximum absolute atomic E-state index is 11.9. The van der Waals surface area contributed by atoms with Gasteiger partial charge >= 0.3 is 18.2 Å². The van der Waals surface area contributed by atoms with Crippen LogP contribution in [0.1, 0.15) is 12.8 Å². The van der Waals surface area contributed by atoms with Crippen LogP contribution >= 0.6 is 0 Å². The van der Waals surface area contributed by atoms with Gasteiger partial charge in [-0.2, -0.15) is 0 Å². The van der Waals surface area contributed by atoms with Crippen LogP contribution in [0.5, 0.6) is 5.75 Å². The molecule has 2 amide bonds. The van der Waals surface area contributed by atoms with Crippen LogP contribution in [-0.4, -0.2) is 24.2 Å². The number of carbonyl (C=O) groups excluding carboxylic acids is 2. The molecule has 1 saturated carbocycles. The highest BCUT2D eigenvalue weighted by Crippen LogP contribution is 2.24. The highest BCUT2D eigenvalue weighted by Gasteiger charge is 2.31. The number of nitrogens with one attached hydrogen (secondary N) is 2. The predicted molar refractivity (Wildman–Crippen MR) is 62.9 cm³/mol. The number of rotatable bonds is 3. The van der Waals surface area contributed by atoms with Gasteiger partial charge in [-0.15, -0.1) is 13.2 Å². The van der Waals surface area contributed by atoms with Crippen LogP contribution in [0.15, 0.2) is 24.3 Å². The molecule has 1 aliphatic carbocycles. The standard InChI is InChI=1S/C12H11F3N2O3/c13-12(14,15)20-9-5-3-8(4-6-9)17-11(19)10(18)16-7-1-2-7/h3-7H,1-2H2,(H,16,18)(H,17,19). The Labute approximate surface area is 112 Å². The van der Waals surface area contributed by atoms with E-state index in [-0.39, 0.29) is 11.7 Å². The maximum atomic E-state index is 11.9. The molecule has 5 nitrogen and oxygen atoms in total. The lowest BCUT2D eigenvalue weighted by molar-refractivity contribution is -0.274. The minimum absolute atomic E-state index is 0.0517. The Morgan fingerprint density at radius 2 is 1.70 bits per heavy atom. The van der Waals surface area contributed by atoms with Crippen LogP contribution in [0.2, 0.25) is 0 Å². The number of benzene rings is 1. The van der Waals surface area contributed by atoms with E-state index >= 15 is 0 Å². The van der Waals surface area contributed by atoms with E-state index in [1.54, 1.807) is 0 Å². The smallest absolute Gasteiger partial charge is 0.406 e. The summed E-state index contributed by atoms with van der Waals surface area (Å²) in [6.07, 6.45) is -3.07. The second-order valence-electron chi connectivity index (χ2n) is 4.27. The fourth-order valence-corrected chi connectivity index (χ4v) is 1.41. The van der Waals surface area contributed by atoms with Crippen LogP contribution in [-0.2, 0) is 9.59 Å². The lowest BCUT2D eigenvalue weighted by Gasteiger charge is -2.09. The molecule has 0 spiro atoms. The molecule has 0 aliphatic heterocycles. The highest BCUT2D eigenvalue weighted by atomic mass is 19.4. The van der Waals surface area contributed by atoms with Gasteiger partial charge in [-0.25, -0.2) is 0 Å². The predicted octanol–water partition coefficient (Wildman–Crippen LogP) is 1.80. The molecule has 0 heterocycles. The largest absolute Gasteiger partial charge is 0.573 e. The van der Waals surface area contributed by atoms with E-state index in [0.29, 0.717) is 0 Å². The molecule has 1 aromatic carbocycles. The summed E-state index contributed by atoms with van der Waals surface area (Å²) in [6, 6.07) is 4.56. The molecule has 0 atom stereocenters. The van der Waals surface area contributed by atoms with Crippen molar-refractivity contribution >= 4 is 17.5 Å². The summed E-state index contributed by atoms with van der Waals surface area (Å²) < 4.78 is 39.5. The van der Waals surface area contributed by atoms with Gasteiger partial charge in [-0.05, 0) is 37.1 Å². The van der Waals surface area contributed by atoms with Crippen molar-refractivity contribution in [1.29, 1.82) is 0 Å². The molecule has 2 N–H and O–H groups in total. The molecule has 2 rings (SSSR count). The molecule has 1 aliphatic rings. The van der Waals surface area contributed by atoms with Crippen molar-refractivity contribution in [2.45, 2.75) is 25.2 Å². The van der Waals surface area contributed by atoms with Gasteiger partial charge in [0.15, 0.2) is 0 Å². The fraction of sp³-hybridized carbons (Fsp3) is 0.333. The first kappa shape index (κ1) is 14.2. The zero-order valence-electron chi connectivity index (χ0n) is 10.2. The molecule has 0 aromatic heterocycles. The van der Waals surface area contributed by atoms with E-state index < -0.39 is 23.9 Å². The average molecular weight is 288 g/mol. The number of anilines is 1. The molecule has 1 aromatic rings. The number of ether oxygens (including phenoxy) is 1. The Morgan fingerprint density at radius 1 is 1.10 bits per heavy atom. The molecule has 0 saturated heterocycles. The molecule has 0 unspecified atom stereocenters. The van der Waals surface area contributed by atoms with Crippen molar-refractivity contribution in [1.82, 2.24) is 5.32 Å². The van der Waals surface area contributed by atoms with Gasteiger partial charge in [0.2, 0.25) is 0 Å². The van der Waals surface area contributed by atoms with Gasteiger partial charge in [0.1, 0.15) is 5.75 Å². The lowest BCUT2D eigenvalue weighted by Crippen LogP contribution is -2.36. The van der Waals surface area contributed by atoms with Crippen LogP contribution < -0.4 is 15.4 Å². The SMILES string of the molecule is O=C(Nc1ccc(OC(F)(F)F)cc1)C(=O)NC1CC1. The van der Waals surface area contributed by atoms with Crippen molar-refractivity contribution in [3.05, 3.63) is 24.3 Å². The molecule has 8 heteroatoms. The summed E-state index contributed by atoms with van der Waals surface area (Å²) >= 11 is 0. The summed E-state index contributed by atoms with van der Waals surface area (Å²) in [4.78, 5) is 22.8. The van der Waals surface area contributed by atoms with E-state index in [1.807, 2.05) is 0 Å². The molecular weight excluding hydrogens is 277 g/mol. The topological polar surface area (TPSA) is 67.4 Å². The maximum Gasteiger partial charge on any atom is 0.573 e. The minimum Gasteiger partial charge on any atom is -0.406 e. The van der Waals surface area contributed by atoms with Gasteiger partial charge in [-0.1, -0.05) is 0 Å². The molecule has 20 heavy (non-hydrogen) atoms. The Balaban J connectivity index is 1.89. The Kier molecular flexibility index (Phi) is 3.82. The second kappa shape index (κ2) is 5.40. The molecule has 108 valence electrons. The summed E-state index contributed by atoms with van der Waals surface area (Å²) in [5.74, 6) is -2.03. The summed E-state index contributed by atoms with van der Waals surface area (Å²) in [7, 11) is 0. The average Bonchev–Trinajstić information content (AvgIpc) is 3.13. The number of hydrogen-bond donors (Lipinski definition) is 2. The van der Waals surface area contributed by atoms with Gasteiger partial charge in [0.25, 0.3) is 0 Å². The third kappa shape index (κ3) is 4.45. The summed E-state index contributed by atoms with van der Waals surface area (Å²) in [6.45, 7) is 0. The van der Waals surface area contributed by atoms with Crippen LogP contribution in [0, 0.1) is 0 Å². The van der Waals surface area contributed by atoms with Gasteiger partial charge in [0.05, 0.1) is 0 Å². The molecule has 0 radical (unpaired) electrons. The highest BCUT2D eigenvalue weighted by molar-refractivity contribution is 6.39. The van der Waals surface area contributed by atoms with Gasteiger partial charge in [0, 0.05) is 11.7 Å². The normalized spacial score (nSPS) is 14.6. The first-order valence-corrected chi connectivity index (χ1v) is 5.81. The third-order valence-corrected chi connectivity index (χ3v) is 2.46. The van der Waals surface area contributed by atoms with Crippen molar-refractivity contribution in [2.24, 2.45) is 0 Å². The molecule has 0 bridgehead atoms. The van der Waals surface area contributed by atoms with Crippen molar-refractivity contribution in [2.75, 3.05) is 5.32 Å². The zero-order valence-corrected chi connectivity index (χ0v) is 10.2. The number of halogens is 3. The quantitative estimate of drug-likeness (QED) is 0.833. The number of carbonyl (C=O) groups is 2. The van der Waals surface area contributed by atoms with E-state index in [2.05, 4.69) is 15.4 Å². The van der Waals surface area contributed by atoms with E-state index in [1.165, 1.54) is 12.1 Å². The third-order valence-electron chi connectivity index (χ3n) is 2.46. The van der Waals surface area contributed by atoms with Crippen LogP contribution in [0.4, 0.5) is 18.9 Å². The Morgan fingerprint density at radius 3 is 2.20 bits per heavy atom. The van der Waals surface area contributed by atoms with E-state index in [9.17, 15) is 22.8 Å². The Hall–Kier alpha value is -2.25. The molecular formula is C12H11F3N2O3. The van der Waals surface area contributed by atoms with E-state index in [0.717, 1.165) is 25.0 Å². The lowest BCUT2D eigenvalue weighted by atomic mass is 10.3. The number of amides is 2. The summed E-state index contributed by atoms with van der Waals surface area (Å²) in [5, 5.41) is 4.77.